The van der Waals surface area contributed by atoms with Crippen LogP contribution in [-0.2, 0) is 0 Å². The maximum atomic E-state index is 6.59. The minimum atomic E-state index is 0.926. The van der Waals surface area contributed by atoms with Gasteiger partial charge in [-0.15, -0.1) is 0 Å². The molecule has 1 nitrogen and oxygen atoms in total. The average molecular weight is 621 g/mol. The van der Waals surface area contributed by atoms with Crippen LogP contribution < -0.4 is 0 Å². The zero-order valence-electron chi connectivity index (χ0n) is 26.6. The molecule has 0 atom stereocenters. The molecule has 1 heteroatoms. The number of fused-ring (bicyclic) bond motifs is 13. The Morgan fingerprint density at radius 3 is 1.57 bits per heavy atom. The molecule has 0 radical (unpaired) electrons. The minimum Gasteiger partial charge on any atom is -0.455 e. The van der Waals surface area contributed by atoms with Gasteiger partial charge in [-0.2, -0.15) is 0 Å². The van der Waals surface area contributed by atoms with E-state index >= 15 is 0 Å². The van der Waals surface area contributed by atoms with E-state index in [4.69, 9.17) is 4.42 Å². The molecule has 1 heterocycles. The average Bonchev–Trinajstić information content (AvgIpc) is 3.55. The molecule has 0 fully saturated rings. The summed E-state index contributed by atoms with van der Waals surface area (Å²) in [6.45, 7) is 0. The predicted octanol–water partition coefficient (Wildman–Crippen LogP) is 13.8. The van der Waals surface area contributed by atoms with E-state index in [1.54, 1.807) is 0 Å². The Morgan fingerprint density at radius 1 is 0.306 bits per heavy atom. The van der Waals surface area contributed by atoms with E-state index in [0.717, 1.165) is 21.9 Å². The van der Waals surface area contributed by atoms with Gasteiger partial charge in [0.15, 0.2) is 0 Å². The van der Waals surface area contributed by atoms with Gasteiger partial charge in [0.1, 0.15) is 11.2 Å². The molecule has 10 aromatic carbocycles. The largest absolute Gasteiger partial charge is 0.455 e. The molecule has 0 N–H and O–H groups in total. The summed E-state index contributed by atoms with van der Waals surface area (Å²) in [6, 6.07) is 62.1. The number of hydrogen-bond acceptors (Lipinski definition) is 1. The lowest BCUT2D eigenvalue weighted by atomic mass is 9.84. The fourth-order valence-corrected chi connectivity index (χ4v) is 8.55. The number of rotatable bonds is 2. The van der Waals surface area contributed by atoms with E-state index in [0.29, 0.717) is 0 Å². The van der Waals surface area contributed by atoms with Crippen molar-refractivity contribution in [1.82, 2.24) is 0 Å². The van der Waals surface area contributed by atoms with Crippen molar-refractivity contribution in [3.63, 3.8) is 0 Å². The Labute approximate surface area is 282 Å². The second kappa shape index (κ2) is 10.0. The second-order valence-corrected chi connectivity index (χ2v) is 13.1. The van der Waals surface area contributed by atoms with Gasteiger partial charge in [-0.05, 0) is 99.7 Å². The number of hydrogen-bond donors (Lipinski definition) is 0. The molecule has 11 rings (SSSR count). The first-order valence-electron chi connectivity index (χ1n) is 16.9. The molecule has 0 aliphatic carbocycles. The van der Waals surface area contributed by atoms with Crippen molar-refractivity contribution >= 4 is 86.6 Å². The van der Waals surface area contributed by atoms with Gasteiger partial charge in [-0.25, -0.2) is 0 Å². The monoisotopic (exact) mass is 620 g/mol. The fourth-order valence-electron chi connectivity index (χ4n) is 8.55. The number of para-hydroxylation sites is 1. The first-order chi connectivity index (χ1) is 24.3. The molecule has 0 amide bonds. The second-order valence-electron chi connectivity index (χ2n) is 13.1. The van der Waals surface area contributed by atoms with Crippen LogP contribution in [0, 0.1) is 0 Å². The third-order valence-corrected chi connectivity index (χ3v) is 10.6. The summed E-state index contributed by atoms with van der Waals surface area (Å²) in [5.41, 5.74) is 6.94. The van der Waals surface area contributed by atoms with Gasteiger partial charge in [-0.1, -0.05) is 152 Å². The van der Waals surface area contributed by atoms with E-state index in [9.17, 15) is 0 Å². The molecule has 0 bridgehead atoms. The molecule has 0 spiro atoms. The van der Waals surface area contributed by atoms with Gasteiger partial charge in [-0.3, -0.25) is 0 Å². The Balaban J connectivity index is 1.25. The Bertz CT molecular complexity index is 3080. The zero-order valence-corrected chi connectivity index (χ0v) is 26.6. The highest BCUT2D eigenvalue weighted by Crippen LogP contribution is 2.47. The first-order valence-corrected chi connectivity index (χ1v) is 16.9. The Kier molecular flexibility index (Phi) is 5.45. The maximum absolute atomic E-state index is 6.59. The molecular formula is C48H28O. The first kappa shape index (κ1) is 26.6. The summed E-state index contributed by atoms with van der Waals surface area (Å²) < 4.78 is 6.59. The van der Waals surface area contributed by atoms with Crippen molar-refractivity contribution < 1.29 is 4.42 Å². The van der Waals surface area contributed by atoms with Gasteiger partial charge in [0.25, 0.3) is 0 Å². The summed E-state index contributed by atoms with van der Waals surface area (Å²) in [4.78, 5) is 0. The molecule has 0 saturated carbocycles. The number of benzene rings is 10. The van der Waals surface area contributed by atoms with Crippen LogP contribution >= 0.6 is 0 Å². The normalized spacial score (nSPS) is 12.1. The summed E-state index contributed by atoms with van der Waals surface area (Å²) in [5, 5.41) is 17.2. The van der Waals surface area contributed by atoms with Crippen LogP contribution in [0.15, 0.2) is 174 Å². The van der Waals surface area contributed by atoms with Gasteiger partial charge in [0.05, 0.1) is 0 Å². The van der Waals surface area contributed by atoms with E-state index < -0.39 is 0 Å². The van der Waals surface area contributed by atoms with Crippen molar-refractivity contribution in [2.45, 2.75) is 0 Å². The van der Waals surface area contributed by atoms with Gasteiger partial charge < -0.3 is 4.42 Å². The molecule has 1 aromatic heterocycles. The van der Waals surface area contributed by atoms with E-state index in [1.165, 1.54) is 86.9 Å². The molecule has 0 unspecified atom stereocenters. The Morgan fingerprint density at radius 2 is 0.816 bits per heavy atom. The van der Waals surface area contributed by atoms with Crippen LogP contribution in [-0.4, -0.2) is 0 Å². The molecule has 0 aliphatic rings. The van der Waals surface area contributed by atoms with Crippen molar-refractivity contribution in [3.05, 3.63) is 170 Å². The fraction of sp³-hybridized carbons (Fsp3) is 0. The highest BCUT2D eigenvalue weighted by Gasteiger charge is 2.20. The lowest BCUT2D eigenvalue weighted by Crippen LogP contribution is -1.92. The SMILES string of the molecule is c1ccc2c(-c3c4ccccc4c(-c4ccc5c(c4)c4ccccc4c4c5ccc5c6ccccc6oc54)c4ccccc34)cccc2c1. The molecule has 0 saturated heterocycles. The third-order valence-electron chi connectivity index (χ3n) is 10.6. The van der Waals surface area contributed by atoms with E-state index in [-0.39, 0.29) is 0 Å². The smallest absolute Gasteiger partial charge is 0.143 e. The van der Waals surface area contributed by atoms with Crippen molar-refractivity contribution in [2.24, 2.45) is 0 Å². The van der Waals surface area contributed by atoms with Crippen molar-refractivity contribution in [2.75, 3.05) is 0 Å². The summed E-state index contributed by atoms with van der Waals surface area (Å²) in [7, 11) is 0. The minimum absolute atomic E-state index is 0.926. The summed E-state index contributed by atoms with van der Waals surface area (Å²) >= 11 is 0. The van der Waals surface area contributed by atoms with Crippen LogP contribution in [0.1, 0.15) is 0 Å². The van der Waals surface area contributed by atoms with Crippen LogP contribution in [0.5, 0.6) is 0 Å². The standard InChI is InChI=1S/C48H28O/c1-2-14-31-29(12-1)13-11-22-35(31)46-39-20-7-5-18-37(39)45(38-19-6-8-21-40(38)46)30-24-25-33-41-26-27-42-34-16-9-10-23-44(34)49-48(42)47(41)36-17-4-3-15-32(36)43(33)28-30/h1-28H. The van der Waals surface area contributed by atoms with Crippen molar-refractivity contribution in [1.29, 1.82) is 0 Å². The predicted molar refractivity (Wildman–Crippen MR) is 210 cm³/mol. The lowest BCUT2D eigenvalue weighted by molar-refractivity contribution is 0.673. The Hall–Kier alpha value is -6.44. The quantitative estimate of drug-likeness (QED) is 0.138. The van der Waals surface area contributed by atoms with Gasteiger partial charge in [0.2, 0.25) is 0 Å². The van der Waals surface area contributed by atoms with Crippen LogP contribution in [0.2, 0.25) is 0 Å². The molecular weight excluding hydrogens is 593 g/mol. The van der Waals surface area contributed by atoms with Crippen molar-refractivity contribution in [3.8, 4) is 22.3 Å². The highest BCUT2D eigenvalue weighted by atomic mass is 16.3. The lowest BCUT2D eigenvalue weighted by Gasteiger charge is -2.19. The maximum Gasteiger partial charge on any atom is 0.143 e. The highest BCUT2D eigenvalue weighted by molar-refractivity contribution is 6.33. The molecule has 0 aliphatic heterocycles. The van der Waals surface area contributed by atoms with Crippen LogP contribution in [0.25, 0.3) is 109 Å². The van der Waals surface area contributed by atoms with Crippen LogP contribution in [0.3, 0.4) is 0 Å². The molecule has 49 heavy (non-hydrogen) atoms. The summed E-state index contributed by atoms with van der Waals surface area (Å²) in [6.07, 6.45) is 0. The van der Waals surface area contributed by atoms with E-state index in [1.807, 2.05) is 6.07 Å². The van der Waals surface area contributed by atoms with Crippen LogP contribution in [0.4, 0.5) is 0 Å². The van der Waals surface area contributed by atoms with Gasteiger partial charge in [0, 0.05) is 16.2 Å². The summed E-state index contributed by atoms with van der Waals surface area (Å²) in [5.74, 6) is 0. The zero-order chi connectivity index (χ0) is 32.1. The number of furan rings is 1. The topological polar surface area (TPSA) is 13.1 Å². The van der Waals surface area contributed by atoms with Gasteiger partial charge >= 0.3 is 0 Å². The molecule has 226 valence electrons. The van der Waals surface area contributed by atoms with E-state index in [2.05, 4.69) is 164 Å². The third kappa shape index (κ3) is 3.70. The molecule has 11 aromatic rings.